The van der Waals surface area contributed by atoms with E-state index in [0.29, 0.717) is 17.5 Å². The molecule has 0 amide bonds. The first-order valence-corrected chi connectivity index (χ1v) is 18.5. The van der Waals surface area contributed by atoms with Gasteiger partial charge in [-0.2, -0.15) is 0 Å². The van der Waals surface area contributed by atoms with Gasteiger partial charge in [-0.05, 0) is 52.9 Å². The molecule has 5 nitrogen and oxygen atoms in total. The van der Waals surface area contributed by atoms with E-state index in [4.69, 9.17) is 19.4 Å². The van der Waals surface area contributed by atoms with Crippen LogP contribution < -0.4 is 0 Å². The Morgan fingerprint density at radius 2 is 1.17 bits per heavy atom. The van der Waals surface area contributed by atoms with Crippen LogP contribution in [0.2, 0.25) is 0 Å². The van der Waals surface area contributed by atoms with Crippen molar-refractivity contribution in [1.82, 2.24) is 19.5 Å². The number of aromatic nitrogens is 4. The first-order valence-electron chi connectivity index (χ1n) is 18.5. The van der Waals surface area contributed by atoms with E-state index < -0.39 is 0 Å². The number of hydrogen-bond donors (Lipinski definition) is 0. The minimum Gasteiger partial charge on any atom is -0.455 e. The van der Waals surface area contributed by atoms with Crippen molar-refractivity contribution in [2.75, 3.05) is 0 Å². The molecule has 0 N–H and O–H groups in total. The van der Waals surface area contributed by atoms with E-state index in [0.717, 1.165) is 55.4 Å². The highest BCUT2D eigenvalue weighted by molar-refractivity contribution is 6.18. The van der Waals surface area contributed by atoms with E-state index in [1.54, 1.807) is 0 Å². The van der Waals surface area contributed by atoms with Crippen molar-refractivity contribution >= 4 is 43.7 Å². The average Bonchev–Trinajstić information content (AvgIpc) is 3.84. The molecule has 0 aliphatic heterocycles. The van der Waals surface area contributed by atoms with Crippen LogP contribution in [0.15, 0.2) is 156 Å². The fourth-order valence-corrected chi connectivity index (χ4v) is 8.94. The summed E-state index contributed by atoms with van der Waals surface area (Å²) < 4.78 is 9.44. The van der Waals surface area contributed by atoms with E-state index in [1.165, 1.54) is 38.5 Å². The van der Waals surface area contributed by atoms with Crippen molar-refractivity contribution in [1.29, 1.82) is 0 Å². The lowest BCUT2D eigenvalue weighted by molar-refractivity contribution is 0.664. The van der Waals surface area contributed by atoms with E-state index in [1.807, 2.05) is 66.7 Å². The third kappa shape index (κ3) is 4.29. The predicted molar refractivity (Wildman–Crippen MR) is 220 cm³/mol. The number of para-hydroxylation sites is 2. The largest absolute Gasteiger partial charge is 0.455 e. The van der Waals surface area contributed by atoms with Gasteiger partial charge in [0.2, 0.25) is 0 Å². The Labute approximate surface area is 312 Å². The highest BCUT2D eigenvalue weighted by atomic mass is 16.3. The fourth-order valence-electron chi connectivity index (χ4n) is 8.94. The van der Waals surface area contributed by atoms with Gasteiger partial charge in [0.15, 0.2) is 17.5 Å². The van der Waals surface area contributed by atoms with E-state index in [2.05, 4.69) is 110 Å². The van der Waals surface area contributed by atoms with Crippen LogP contribution in [0.3, 0.4) is 0 Å². The highest BCUT2D eigenvalue weighted by Crippen LogP contribution is 2.53. The second-order valence-corrected chi connectivity index (χ2v) is 14.8. The van der Waals surface area contributed by atoms with Gasteiger partial charge in [-0.25, -0.2) is 15.0 Å². The SMILES string of the molecule is Cc1cc(-n2c3ccccc3c3ccc4c(c32)C(C)(C)c2ccccc2-4)c2c(oc3ccccc32)c1-c1nc(-c2ccccc2)nc(-c2ccccc2)n1. The summed E-state index contributed by atoms with van der Waals surface area (Å²) in [4.78, 5) is 15.3. The summed E-state index contributed by atoms with van der Waals surface area (Å²) in [7, 11) is 0. The molecule has 11 rings (SSSR count). The van der Waals surface area contributed by atoms with Gasteiger partial charge in [0.05, 0.1) is 27.7 Å². The fraction of sp³-hybridized carbons (Fsp3) is 0.0816. The summed E-state index contributed by atoms with van der Waals surface area (Å²) in [6, 6.07) is 53.2. The Morgan fingerprint density at radius 1 is 0.556 bits per heavy atom. The first kappa shape index (κ1) is 30.7. The van der Waals surface area contributed by atoms with Crippen molar-refractivity contribution in [2.45, 2.75) is 26.2 Å². The second-order valence-electron chi connectivity index (χ2n) is 14.8. The van der Waals surface area contributed by atoms with Gasteiger partial charge >= 0.3 is 0 Å². The Morgan fingerprint density at radius 3 is 1.91 bits per heavy atom. The summed E-state index contributed by atoms with van der Waals surface area (Å²) in [5.74, 6) is 1.81. The van der Waals surface area contributed by atoms with Crippen LogP contribution in [0.4, 0.5) is 0 Å². The van der Waals surface area contributed by atoms with Crippen LogP contribution in [0, 0.1) is 6.92 Å². The molecule has 54 heavy (non-hydrogen) atoms. The summed E-state index contributed by atoms with van der Waals surface area (Å²) in [6.07, 6.45) is 0. The number of rotatable bonds is 4. The molecule has 1 aliphatic rings. The third-order valence-electron chi connectivity index (χ3n) is 11.3. The summed E-state index contributed by atoms with van der Waals surface area (Å²) in [6.45, 7) is 6.88. The molecule has 256 valence electrons. The molecule has 5 heteroatoms. The smallest absolute Gasteiger partial charge is 0.168 e. The molecule has 7 aromatic carbocycles. The first-order chi connectivity index (χ1) is 26.5. The molecular formula is C49H34N4O. The molecule has 0 fully saturated rings. The molecule has 10 aromatic rings. The normalized spacial score (nSPS) is 13.2. The number of nitrogens with zero attached hydrogens (tertiary/aromatic N) is 4. The van der Waals surface area contributed by atoms with Gasteiger partial charge in [0.25, 0.3) is 0 Å². The quantitative estimate of drug-likeness (QED) is 0.184. The Hall–Kier alpha value is -6.85. The maximum Gasteiger partial charge on any atom is 0.168 e. The molecule has 0 bridgehead atoms. The highest BCUT2D eigenvalue weighted by Gasteiger charge is 2.38. The molecule has 1 aliphatic carbocycles. The maximum absolute atomic E-state index is 6.94. The van der Waals surface area contributed by atoms with Crippen molar-refractivity contribution < 1.29 is 4.42 Å². The van der Waals surface area contributed by atoms with Crippen molar-refractivity contribution in [3.8, 4) is 51.0 Å². The molecular weight excluding hydrogens is 661 g/mol. The molecule has 3 heterocycles. The molecule has 3 aromatic heterocycles. The zero-order valence-corrected chi connectivity index (χ0v) is 30.1. The van der Waals surface area contributed by atoms with Crippen LogP contribution in [-0.4, -0.2) is 19.5 Å². The van der Waals surface area contributed by atoms with Crippen LogP contribution in [0.5, 0.6) is 0 Å². The number of hydrogen-bond acceptors (Lipinski definition) is 4. The minimum atomic E-state index is -0.212. The van der Waals surface area contributed by atoms with Crippen molar-refractivity contribution in [2.24, 2.45) is 0 Å². The zero-order chi connectivity index (χ0) is 36.1. The van der Waals surface area contributed by atoms with Crippen LogP contribution >= 0.6 is 0 Å². The van der Waals surface area contributed by atoms with E-state index in [9.17, 15) is 0 Å². The Kier molecular flexibility index (Phi) is 6.45. The lowest BCUT2D eigenvalue weighted by atomic mass is 9.81. The topological polar surface area (TPSA) is 56.7 Å². The zero-order valence-electron chi connectivity index (χ0n) is 30.1. The lowest BCUT2D eigenvalue weighted by Gasteiger charge is -2.24. The number of fused-ring (bicyclic) bond motifs is 10. The van der Waals surface area contributed by atoms with Gasteiger partial charge in [0.1, 0.15) is 11.2 Å². The van der Waals surface area contributed by atoms with E-state index in [-0.39, 0.29) is 5.41 Å². The Balaban J connectivity index is 1.27. The van der Waals surface area contributed by atoms with Crippen LogP contribution in [-0.2, 0) is 5.41 Å². The summed E-state index contributed by atoms with van der Waals surface area (Å²) >= 11 is 0. The van der Waals surface area contributed by atoms with Crippen LogP contribution in [0.25, 0.3) is 94.7 Å². The monoisotopic (exact) mass is 694 g/mol. The molecule has 0 unspecified atom stereocenters. The standard InChI is InChI=1S/C49H34N4O/c1-29-28-39(53-38-24-14-11-21-33(38)35-27-26-34-32-20-10-13-23-37(32)49(2,3)43(34)44(35)53)42-36-22-12-15-25-40(36)54-45(42)41(29)48-51-46(30-16-6-4-7-17-30)50-47(52-48)31-18-8-5-9-19-31/h4-28H,1-3H3. The third-order valence-corrected chi connectivity index (χ3v) is 11.3. The van der Waals surface area contributed by atoms with Gasteiger partial charge in [0, 0.05) is 32.7 Å². The van der Waals surface area contributed by atoms with Crippen molar-refractivity contribution in [3.05, 3.63) is 168 Å². The number of aryl methyl sites for hydroxylation is 1. The molecule has 0 radical (unpaired) electrons. The van der Waals surface area contributed by atoms with E-state index >= 15 is 0 Å². The number of furan rings is 1. The second kappa shape index (κ2) is 11.3. The minimum absolute atomic E-state index is 0.212. The lowest BCUT2D eigenvalue weighted by Crippen LogP contribution is -2.16. The average molecular weight is 695 g/mol. The van der Waals surface area contributed by atoms with Crippen molar-refractivity contribution in [3.63, 3.8) is 0 Å². The summed E-state index contributed by atoms with van der Waals surface area (Å²) in [5.41, 5.74) is 13.9. The van der Waals surface area contributed by atoms with Gasteiger partial charge < -0.3 is 8.98 Å². The van der Waals surface area contributed by atoms with Crippen LogP contribution in [0.1, 0.15) is 30.5 Å². The molecule has 0 saturated heterocycles. The summed E-state index contributed by atoms with van der Waals surface area (Å²) in [5, 5.41) is 4.54. The Bertz CT molecular complexity index is 3080. The molecule has 0 saturated carbocycles. The van der Waals surface area contributed by atoms with Gasteiger partial charge in [-0.3, -0.25) is 0 Å². The van der Waals surface area contributed by atoms with Gasteiger partial charge in [-0.15, -0.1) is 0 Å². The number of benzene rings is 7. The molecule has 0 atom stereocenters. The maximum atomic E-state index is 6.94. The van der Waals surface area contributed by atoms with Gasteiger partial charge in [-0.1, -0.05) is 147 Å². The predicted octanol–water partition coefficient (Wildman–Crippen LogP) is 12.5. The molecule has 0 spiro atoms.